The van der Waals surface area contributed by atoms with E-state index >= 15 is 0 Å². The number of hydrogen-bond donors (Lipinski definition) is 3. The molecule has 5 unspecified atom stereocenters. The predicted octanol–water partition coefficient (Wildman–Crippen LogP) is 3.29. The van der Waals surface area contributed by atoms with Gasteiger partial charge in [0.25, 0.3) is 6.43 Å². The molecule has 6 nitrogen and oxygen atoms in total. The van der Waals surface area contributed by atoms with Crippen molar-refractivity contribution in [1.82, 2.24) is 4.90 Å². The Kier molecular flexibility index (Phi) is 7.04. The van der Waals surface area contributed by atoms with Gasteiger partial charge in [0.05, 0.1) is 0 Å². The second kappa shape index (κ2) is 9.41. The molecule has 0 saturated carbocycles. The maximum atomic E-state index is 14.0. The molecule has 0 aromatic heterocycles. The van der Waals surface area contributed by atoms with Gasteiger partial charge in [-0.1, -0.05) is 19.2 Å². The lowest BCUT2D eigenvalue weighted by atomic mass is 9.96. The van der Waals surface area contributed by atoms with Gasteiger partial charge >= 0.3 is 0 Å². The number of aliphatic hydroxyl groups is 3. The number of hydrogen-bond acceptors (Lipinski definition) is 5. The lowest BCUT2D eigenvalue weighted by Crippen LogP contribution is -2.43. The van der Waals surface area contributed by atoms with Gasteiger partial charge in [-0.2, -0.15) is 0 Å². The molecule has 0 spiro atoms. The van der Waals surface area contributed by atoms with Crippen molar-refractivity contribution in [1.29, 1.82) is 0 Å². The number of allylic oxidation sites excluding steroid dienone is 2. The highest BCUT2D eigenvalue weighted by atomic mass is 19.3. The maximum Gasteiger partial charge on any atom is 0.260 e. The zero-order valence-electron chi connectivity index (χ0n) is 17.6. The summed E-state index contributed by atoms with van der Waals surface area (Å²) in [6.07, 6.45) is -5.68. The van der Waals surface area contributed by atoms with Crippen LogP contribution < -0.4 is 0 Å². The first-order chi connectivity index (χ1) is 15.1. The van der Waals surface area contributed by atoms with Gasteiger partial charge in [0.1, 0.15) is 36.1 Å². The number of amidine groups is 1. The molecule has 2 heterocycles. The SMILES string of the molecule is C=CN=C1/C(=C(\C)C(F)F)C=CN1C1OC(C(O)c2ccc(F)c(C(=C)C)c2)C(O)C1O. The highest BCUT2D eigenvalue weighted by molar-refractivity contribution is 6.05. The standard InChI is InChI=1S/C23H25F3N2O4/c1-5-27-22-14(12(4)21(25)26)8-9-28(22)23-19(31)18(30)20(32-23)17(29)13-6-7-16(24)15(10-13)11(2)3/h5-10,17-21,23,29-31H,1-2H2,3-4H3/b14-12+,27-22?. The minimum absolute atomic E-state index is 0.0653. The Morgan fingerprint density at radius 1 is 1.25 bits per heavy atom. The fraction of sp³-hybridized carbons (Fsp3) is 0.348. The average Bonchev–Trinajstić information content (AvgIpc) is 3.28. The maximum absolute atomic E-state index is 14.0. The van der Waals surface area contributed by atoms with Crippen LogP contribution in [0.2, 0.25) is 0 Å². The molecule has 0 bridgehead atoms. The van der Waals surface area contributed by atoms with E-state index in [-0.39, 0.29) is 28.1 Å². The van der Waals surface area contributed by atoms with Crippen LogP contribution in [0.1, 0.15) is 31.1 Å². The van der Waals surface area contributed by atoms with E-state index in [0.717, 1.165) is 6.20 Å². The van der Waals surface area contributed by atoms with E-state index in [4.69, 9.17) is 4.74 Å². The number of aliphatic imine (C=N–C) groups is 1. The van der Waals surface area contributed by atoms with Crippen molar-refractivity contribution in [3.05, 3.63) is 77.9 Å². The molecule has 1 saturated heterocycles. The Hall–Kier alpha value is -2.72. The summed E-state index contributed by atoms with van der Waals surface area (Å²) in [4.78, 5) is 5.33. The Morgan fingerprint density at radius 3 is 2.53 bits per heavy atom. The summed E-state index contributed by atoms with van der Waals surface area (Å²) >= 11 is 0. The summed E-state index contributed by atoms with van der Waals surface area (Å²) in [7, 11) is 0. The third-order valence-corrected chi connectivity index (χ3v) is 5.51. The molecule has 32 heavy (non-hydrogen) atoms. The first-order valence-electron chi connectivity index (χ1n) is 9.88. The smallest absolute Gasteiger partial charge is 0.260 e. The van der Waals surface area contributed by atoms with E-state index in [9.17, 15) is 28.5 Å². The van der Waals surface area contributed by atoms with E-state index < -0.39 is 42.9 Å². The number of ether oxygens (including phenoxy) is 1. The number of aliphatic hydroxyl groups excluding tert-OH is 3. The number of halogens is 3. The topological polar surface area (TPSA) is 85.5 Å². The zero-order valence-corrected chi connectivity index (χ0v) is 17.6. The van der Waals surface area contributed by atoms with Crippen LogP contribution in [-0.2, 0) is 4.74 Å². The third kappa shape index (κ3) is 4.29. The van der Waals surface area contributed by atoms with Gasteiger partial charge in [-0.05, 0) is 43.2 Å². The summed E-state index contributed by atoms with van der Waals surface area (Å²) in [5, 5.41) is 32.0. The fourth-order valence-electron chi connectivity index (χ4n) is 3.71. The highest BCUT2D eigenvalue weighted by Crippen LogP contribution is 2.36. The summed E-state index contributed by atoms with van der Waals surface area (Å²) in [5.41, 5.74) is 0.814. The van der Waals surface area contributed by atoms with Crippen molar-refractivity contribution in [2.24, 2.45) is 4.99 Å². The van der Waals surface area contributed by atoms with Crippen molar-refractivity contribution < 1.29 is 33.2 Å². The molecule has 2 aliphatic heterocycles. The first-order valence-corrected chi connectivity index (χ1v) is 9.88. The molecule has 3 N–H and O–H groups in total. The van der Waals surface area contributed by atoms with E-state index in [0.29, 0.717) is 5.57 Å². The van der Waals surface area contributed by atoms with Crippen LogP contribution in [0.5, 0.6) is 0 Å². The van der Waals surface area contributed by atoms with E-state index in [2.05, 4.69) is 18.2 Å². The Morgan fingerprint density at radius 2 is 1.94 bits per heavy atom. The van der Waals surface area contributed by atoms with Crippen LogP contribution in [0.25, 0.3) is 5.57 Å². The van der Waals surface area contributed by atoms with Gasteiger partial charge in [0.2, 0.25) is 0 Å². The molecule has 1 aromatic rings. The lowest BCUT2D eigenvalue weighted by molar-refractivity contribution is -0.0883. The van der Waals surface area contributed by atoms with E-state index in [1.807, 2.05) is 0 Å². The fourth-order valence-corrected chi connectivity index (χ4v) is 3.71. The van der Waals surface area contributed by atoms with Crippen LogP contribution >= 0.6 is 0 Å². The molecule has 0 radical (unpaired) electrons. The normalized spacial score (nSPS) is 29.2. The van der Waals surface area contributed by atoms with Crippen molar-refractivity contribution in [3.8, 4) is 0 Å². The van der Waals surface area contributed by atoms with Crippen LogP contribution in [0.3, 0.4) is 0 Å². The van der Waals surface area contributed by atoms with Crippen LogP contribution in [-0.4, -0.2) is 57.0 Å². The Balaban J connectivity index is 1.90. The van der Waals surface area contributed by atoms with Crippen LogP contribution in [0.4, 0.5) is 13.2 Å². The molecular weight excluding hydrogens is 425 g/mol. The molecule has 2 aliphatic rings. The molecule has 9 heteroatoms. The Bertz CT molecular complexity index is 1000. The average molecular weight is 450 g/mol. The van der Waals surface area contributed by atoms with E-state index in [1.165, 1.54) is 42.3 Å². The minimum Gasteiger partial charge on any atom is -0.387 e. The van der Waals surface area contributed by atoms with Crippen LogP contribution in [0.15, 0.2) is 66.0 Å². The van der Waals surface area contributed by atoms with Crippen molar-refractivity contribution in [3.63, 3.8) is 0 Å². The van der Waals surface area contributed by atoms with Crippen LogP contribution in [0, 0.1) is 5.82 Å². The van der Waals surface area contributed by atoms with Gasteiger partial charge < -0.3 is 25.0 Å². The first kappa shape index (κ1) is 23.9. The van der Waals surface area contributed by atoms with Gasteiger partial charge in [-0.3, -0.25) is 0 Å². The Labute approximate surface area is 184 Å². The molecule has 3 rings (SSSR count). The highest BCUT2D eigenvalue weighted by Gasteiger charge is 2.50. The molecule has 1 fully saturated rings. The van der Waals surface area contributed by atoms with Gasteiger partial charge in [-0.25, -0.2) is 18.2 Å². The minimum atomic E-state index is -2.72. The summed E-state index contributed by atoms with van der Waals surface area (Å²) in [6, 6.07) is 3.90. The van der Waals surface area contributed by atoms with Crippen molar-refractivity contribution in [2.45, 2.75) is 50.9 Å². The quantitative estimate of drug-likeness (QED) is 0.619. The second-order valence-corrected chi connectivity index (χ2v) is 7.69. The number of alkyl halides is 2. The van der Waals surface area contributed by atoms with E-state index in [1.54, 1.807) is 6.92 Å². The monoisotopic (exact) mass is 450 g/mol. The molecule has 172 valence electrons. The molecule has 0 aliphatic carbocycles. The third-order valence-electron chi connectivity index (χ3n) is 5.51. The second-order valence-electron chi connectivity index (χ2n) is 7.69. The molecular formula is C23H25F3N2O4. The van der Waals surface area contributed by atoms with Crippen molar-refractivity contribution >= 4 is 11.4 Å². The lowest BCUT2D eigenvalue weighted by Gasteiger charge is -2.27. The zero-order chi connectivity index (χ0) is 23.7. The molecule has 5 atom stereocenters. The van der Waals surface area contributed by atoms with Gasteiger partial charge in [0.15, 0.2) is 6.23 Å². The number of nitrogens with zero attached hydrogens (tertiary/aromatic N) is 2. The van der Waals surface area contributed by atoms with Gasteiger partial charge in [0, 0.05) is 29.1 Å². The number of benzene rings is 1. The molecule has 1 aromatic carbocycles. The predicted molar refractivity (Wildman–Crippen MR) is 114 cm³/mol. The summed E-state index contributed by atoms with van der Waals surface area (Å²) < 4.78 is 46.2. The summed E-state index contributed by atoms with van der Waals surface area (Å²) in [6.45, 7) is 10.1. The largest absolute Gasteiger partial charge is 0.387 e. The molecule has 0 amide bonds. The van der Waals surface area contributed by atoms with Crippen molar-refractivity contribution in [2.75, 3.05) is 0 Å². The number of rotatable bonds is 6. The summed E-state index contributed by atoms with van der Waals surface area (Å²) in [5.74, 6) is -0.448. The van der Waals surface area contributed by atoms with Gasteiger partial charge in [-0.15, -0.1) is 0 Å².